The summed E-state index contributed by atoms with van der Waals surface area (Å²) in [5.74, 6) is 0. The Labute approximate surface area is 101 Å². The van der Waals surface area contributed by atoms with E-state index in [2.05, 4.69) is 78.1 Å². The second-order valence-corrected chi connectivity index (χ2v) is 4.34. The molecule has 0 N–H and O–H groups in total. The van der Waals surface area contributed by atoms with Gasteiger partial charge in [-0.1, -0.05) is 30.3 Å². The van der Waals surface area contributed by atoms with Crippen molar-refractivity contribution >= 4 is 10.9 Å². The molecule has 0 unspecified atom stereocenters. The number of rotatable bonds is 1. The third-order valence-electron chi connectivity index (χ3n) is 3.23. The van der Waals surface area contributed by atoms with Crippen LogP contribution in [0.15, 0.2) is 54.7 Å². The van der Waals surface area contributed by atoms with Gasteiger partial charge in [0.25, 0.3) is 0 Å². The van der Waals surface area contributed by atoms with Crippen molar-refractivity contribution < 1.29 is 4.68 Å². The molecule has 2 aromatic carbocycles. The summed E-state index contributed by atoms with van der Waals surface area (Å²) in [6.45, 7) is 2.14. The lowest BCUT2D eigenvalue weighted by Gasteiger charge is -2.03. The van der Waals surface area contributed by atoms with Gasteiger partial charge in [0.05, 0.1) is 11.6 Å². The minimum absolute atomic E-state index is 1.23. The molecule has 0 amide bonds. The molecule has 1 aromatic heterocycles. The van der Waals surface area contributed by atoms with Crippen LogP contribution >= 0.6 is 0 Å². The van der Waals surface area contributed by atoms with Crippen LogP contribution in [-0.2, 0) is 7.05 Å². The first kappa shape index (κ1) is 10.1. The van der Waals surface area contributed by atoms with Gasteiger partial charge < -0.3 is 0 Å². The van der Waals surface area contributed by atoms with Crippen molar-refractivity contribution in [3.05, 3.63) is 60.3 Å². The van der Waals surface area contributed by atoms with Gasteiger partial charge in [-0.3, -0.25) is 0 Å². The Balaban J connectivity index is 2.32. The van der Waals surface area contributed by atoms with Crippen LogP contribution in [0, 0.1) is 6.92 Å². The highest BCUT2D eigenvalue weighted by molar-refractivity contribution is 5.75. The predicted octanol–water partition coefficient (Wildman–Crippen LogP) is 2.76. The highest BCUT2D eigenvalue weighted by Crippen LogP contribution is 2.16. The van der Waals surface area contributed by atoms with E-state index in [4.69, 9.17) is 0 Å². The quantitative estimate of drug-likeness (QED) is 0.561. The monoisotopic (exact) mass is 223 g/mol. The van der Waals surface area contributed by atoms with Crippen molar-refractivity contribution in [2.45, 2.75) is 6.92 Å². The molecule has 17 heavy (non-hydrogen) atoms. The average Bonchev–Trinajstić information content (AvgIpc) is 2.68. The fraction of sp³-hybridized carbons (Fsp3) is 0.133. The molecular weight excluding hydrogens is 208 g/mol. The summed E-state index contributed by atoms with van der Waals surface area (Å²) in [5, 5.41) is 1.26. The van der Waals surface area contributed by atoms with E-state index in [0.717, 1.165) is 0 Å². The molecule has 1 heterocycles. The van der Waals surface area contributed by atoms with E-state index >= 15 is 0 Å². The van der Waals surface area contributed by atoms with Gasteiger partial charge >= 0.3 is 0 Å². The molecule has 84 valence electrons. The number of benzene rings is 2. The Hall–Kier alpha value is -2.09. The molecule has 3 aromatic rings. The molecule has 0 atom stereocenters. The number of aromatic nitrogens is 2. The Morgan fingerprint density at radius 2 is 1.65 bits per heavy atom. The fourth-order valence-electron chi connectivity index (χ4n) is 2.28. The van der Waals surface area contributed by atoms with Crippen LogP contribution in [0.2, 0.25) is 0 Å². The molecule has 3 rings (SSSR count). The van der Waals surface area contributed by atoms with Crippen LogP contribution in [-0.4, -0.2) is 4.68 Å². The Morgan fingerprint density at radius 1 is 0.941 bits per heavy atom. The number of fused-ring (bicyclic) bond motifs is 1. The van der Waals surface area contributed by atoms with E-state index in [1.807, 2.05) is 0 Å². The lowest BCUT2D eigenvalue weighted by molar-refractivity contribution is -0.720. The zero-order valence-corrected chi connectivity index (χ0v) is 10.1. The lowest BCUT2D eigenvalue weighted by Crippen LogP contribution is -2.38. The SMILES string of the molecule is Cc1ccccc1-n1cc2ccccc2[n+]1C. The number of hydrogen-bond donors (Lipinski definition) is 0. The minimum Gasteiger partial charge on any atom is -0.127 e. The number of para-hydroxylation sites is 2. The first-order valence-electron chi connectivity index (χ1n) is 5.80. The van der Waals surface area contributed by atoms with E-state index in [0.29, 0.717) is 0 Å². The van der Waals surface area contributed by atoms with E-state index in [-0.39, 0.29) is 0 Å². The zero-order chi connectivity index (χ0) is 11.8. The lowest BCUT2D eigenvalue weighted by atomic mass is 10.2. The van der Waals surface area contributed by atoms with Gasteiger partial charge in [0.15, 0.2) is 7.05 Å². The van der Waals surface area contributed by atoms with Crippen molar-refractivity contribution in [1.29, 1.82) is 0 Å². The van der Waals surface area contributed by atoms with Crippen molar-refractivity contribution in [2.75, 3.05) is 0 Å². The van der Waals surface area contributed by atoms with E-state index in [9.17, 15) is 0 Å². The molecule has 0 bridgehead atoms. The van der Waals surface area contributed by atoms with Crippen molar-refractivity contribution in [1.82, 2.24) is 4.68 Å². The molecule has 0 aliphatic heterocycles. The average molecular weight is 223 g/mol. The molecule has 0 fully saturated rings. The topological polar surface area (TPSA) is 8.81 Å². The first-order chi connectivity index (χ1) is 8.27. The van der Waals surface area contributed by atoms with Crippen LogP contribution in [0.25, 0.3) is 16.6 Å². The highest BCUT2D eigenvalue weighted by atomic mass is 15.4. The first-order valence-corrected chi connectivity index (χ1v) is 5.80. The van der Waals surface area contributed by atoms with Crippen LogP contribution in [0.1, 0.15) is 5.56 Å². The molecule has 0 aliphatic rings. The van der Waals surface area contributed by atoms with Gasteiger partial charge in [0.1, 0.15) is 5.69 Å². The minimum atomic E-state index is 1.23. The van der Waals surface area contributed by atoms with Crippen LogP contribution in [0.4, 0.5) is 0 Å². The van der Waals surface area contributed by atoms with Crippen molar-refractivity contribution in [3.63, 3.8) is 0 Å². The molecule has 2 heteroatoms. The third-order valence-corrected chi connectivity index (χ3v) is 3.23. The van der Waals surface area contributed by atoms with Crippen LogP contribution in [0.3, 0.4) is 0 Å². The smallest absolute Gasteiger partial charge is 0.127 e. The second kappa shape index (κ2) is 3.74. The van der Waals surface area contributed by atoms with Gasteiger partial charge in [-0.15, -0.1) is 9.36 Å². The highest BCUT2D eigenvalue weighted by Gasteiger charge is 2.14. The van der Waals surface area contributed by atoms with Gasteiger partial charge in [0, 0.05) is 6.07 Å². The van der Waals surface area contributed by atoms with Gasteiger partial charge in [-0.05, 0) is 24.6 Å². The summed E-state index contributed by atoms with van der Waals surface area (Å²) >= 11 is 0. The van der Waals surface area contributed by atoms with Crippen molar-refractivity contribution in [2.24, 2.45) is 7.05 Å². The standard InChI is InChI=1S/C15H15N2/c1-12-7-3-5-9-14(12)17-11-13-8-4-6-10-15(13)16(17)2/h3-11H,1-2H3/q+1. The Bertz CT molecular complexity index is 680. The molecular formula is C15H15N2+. The van der Waals surface area contributed by atoms with Gasteiger partial charge in [-0.25, -0.2) is 0 Å². The van der Waals surface area contributed by atoms with E-state index in [1.165, 1.54) is 22.2 Å². The predicted molar refractivity (Wildman–Crippen MR) is 69.2 cm³/mol. The normalized spacial score (nSPS) is 10.9. The fourth-order valence-corrected chi connectivity index (χ4v) is 2.28. The number of hydrogen-bond acceptors (Lipinski definition) is 0. The maximum absolute atomic E-state index is 2.19. The summed E-state index contributed by atoms with van der Waals surface area (Å²) in [5.41, 5.74) is 3.75. The summed E-state index contributed by atoms with van der Waals surface area (Å²) in [6.07, 6.45) is 2.18. The molecule has 0 saturated carbocycles. The molecule has 2 nitrogen and oxygen atoms in total. The number of aryl methyl sites for hydroxylation is 2. The molecule has 0 saturated heterocycles. The molecule has 0 aliphatic carbocycles. The summed E-state index contributed by atoms with van der Waals surface area (Å²) in [4.78, 5) is 0. The Kier molecular flexibility index (Phi) is 2.22. The van der Waals surface area contributed by atoms with E-state index in [1.54, 1.807) is 0 Å². The largest absolute Gasteiger partial charge is 0.238 e. The van der Waals surface area contributed by atoms with Crippen LogP contribution < -0.4 is 4.68 Å². The number of nitrogens with zero attached hydrogens (tertiary/aromatic N) is 2. The summed E-state index contributed by atoms with van der Waals surface area (Å²) < 4.78 is 4.37. The van der Waals surface area contributed by atoms with Crippen LogP contribution in [0.5, 0.6) is 0 Å². The maximum atomic E-state index is 2.19. The second-order valence-electron chi connectivity index (χ2n) is 4.34. The van der Waals surface area contributed by atoms with E-state index < -0.39 is 0 Å². The molecule has 0 spiro atoms. The van der Waals surface area contributed by atoms with Gasteiger partial charge in [0.2, 0.25) is 5.52 Å². The zero-order valence-electron chi connectivity index (χ0n) is 10.1. The third kappa shape index (κ3) is 1.53. The Morgan fingerprint density at radius 3 is 2.41 bits per heavy atom. The van der Waals surface area contributed by atoms with Crippen molar-refractivity contribution in [3.8, 4) is 5.69 Å². The summed E-state index contributed by atoms with van der Waals surface area (Å²) in [7, 11) is 2.09. The molecule has 0 radical (unpaired) electrons. The summed E-state index contributed by atoms with van der Waals surface area (Å²) in [6, 6.07) is 16.9. The maximum Gasteiger partial charge on any atom is 0.238 e. The van der Waals surface area contributed by atoms with Gasteiger partial charge in [-0.2, -0.15) is 0 Å².